The highest BCUT2D eigenvalue weighted by Gasteiger charge is 2.32. The van der Waals surface area contributed by atoms with E-state index in [4.69, 9.17) is 4.74 Å². The van der Waals surface area contributed by atoms with Crippen molar-refractivity contribution in [1.29, 1.82) is 5.26 Å². The van der Waals surface area contributed by atoms with E-state index >= 15 is 0 Å². The van der Waals surface area contributed by atoms with Crippen molar-refractivity contribution in [2.45, 2.75) is 50.2 Å². The molecule has 3 aromatic heterocycles. The lowest BCUT2D eigenvalue weighted by molar-refractivity contribution is -0.126. The summed E-state index contributed by atoms with van der Waals surface area (Å²) in [6.45, 7) is 4.90. The Morgan fingerprint density at radius 3 is 2.53 bits per heavy atom. The summed E-state index contributed by atoms with van der Waals surface area (Å²) in [6.07, 6.45) is -2.14. The number of aliphatic hydroxyl groups is 2. The monoisotopic (exact) mass is 643 g/mol. The van der Waals surface area contributed by atoms with E-state index in [9.17, 15) is 28.6 Å². The summed E-state index contributed by atoms with van der Waals surface area (Å²) >= 11 is 1.05. The number of β-amino-alcohol motifs (C(OH)–C–C–N with tert-alkyl or cyclic N) is 1. The SMILES string of the molecule is N#Cc1cc2cc(CN3CCC(Nc4ncnc5sc(CC(F)(F)F)cc45)CC3)ccc2n1CC(O)(CO)CN1CCOCC1. The second kappa shape index (κ2) is 13.2. The molecule has 0 spiro atoms. The summed E-state index contributed by atoms with van der Waals surface area (Å²) in [5.41, 5.74) is 0.959. The van der Waals surface area contributed by atoms with Crippen molar-refractivity contribution in [3.05, 3.63) is 52.8 Å². The van der Waals surface area contributed by atoms with E-state index in [2.05, 4.69) is 37.2 Å². The van der Waals surface area contributed by atoms with E-state index in [1.807, 2.05) is 18.2 Å². The van der Waals surface area contributed by atoms with Crippen LogP contribution in [-0.2, 0) is 24.2 Å². The number of thiophene rings is 1. The van der Waals surface area contributed by atoms with Crippen molar-refractivity contribution < 1.29 is 28.1 Å². The largest absolute Gasteiger partial charge is 0.393 e. The Labute approximate surface area is 262 Å². The van der Waals surface area contributed by atoms with Crippen LogP contribution in [0.1, 0.15) is 29.0 Å². The lowest BCUT2D eigenvalue weighted by Gasteiger charge is -2.35. The van der Waals surface area contributed by atoms with Gasteiger partial charge in [0.1, 0.15) is 34.3 Å². The maximum absolute atomic E-state index is 12.9. The van der Waals surface area contributed by atoms with E-state index in [-0.39, 0.29) is 24.0 Å². The van der Waals surface area contributed by atoms with E-state index in [1.54, 1.807) is 10.6 Å². The third-order valence-corrected chi connectivity index (χ3v) is 9.58. The Morgan fingerprint density at radius 1 is 1.04 bits per heavy atom. The Kier molecular flexibility index (Phi) is 9.28. The van der Waals surface area contributed by atoms with Gasteiger partial charge in [-0.3, -0.25) is 9.80 Å². The van der Waals surface area contributed by atoms with Crippen LogP contribution in [0.3, 0.4) is 0 Å². The molecule has 0 aliphatic carbocycles. The van der Waals surface area contributed by atoms with Crippen LogP contribution < -0.4 is 5.32 Å². The predicted octanol–water partition coefficient (Wildman–Crippen LogP) is 3.75. The highest BCUT2D eigenvalue weighted by Crippen LogP contribution is 2.33. The number of nitrogens with zero attached hydrogens (tertiary/aromatic N) is 6. The third-order valence-electron chi connectivity index (χ3n) is 8.54. The molecule has 2 fully saturated rings. The van der Waals surface area contributed by atoms with Gasteiger partial charge < -0.3 is 24.8 Å². The van der Waals surface area contributed by atoms with Crippen LogP contribution >= 0.6 is 11.3 Å². The lowest BCUT2D eigenvalue weighted by Crippen LogP contribution is -2.51. The number of ether oxygens (including phenoxy) is 1. The average Bonchev–Trinajstić information content (AvgIpc) is 3.58. The van der Waals surface area contributed by atoms with Gasteiger partial charge >= 0.3 is 6.18 Å². The number of likely N-dealkylation sites (tertiary alicyclic amines) is 1. The topological polar surface area (TPSA) is 123 Å². The second-order valence-corrected chi connectivity index (χ2v) is 13.1. The summed E-state index contributed by atoms with van der Waals surface area (Å²) in [4.78, 5) is 13.7. The van der Waals surface area contributed by atoms with Gasteiger partial charge in [0.05, 0.1) is 38.2 Å². The maximum Gasteiger partial charge on any atom is 0.393 e. The highest BCUT2D eigenvalue weighted by molar-refractivity contribution is 7.18. The molecule has 240 valence electrons. The van der Waals surface area contributed by atoms with E-state index in [1.165, 1.54) is 6.33 Å². The van der Waals surface area contributed by atoms with Crippen molar-refractivity contribution >= 4 is 38.3 Å². The number of hydrogen-bond acceptors (Lipinski definition) is 10. The van der Waals surface area contributed by atoms with Crippen molar-refractivity contribution in [2.24, 2.45) is 0 Å². The number of fused-ring (bicyclic) bond motifs is 2. The molecular formula is C31H36F3N7O3S. The first-order valence-electron chi connectivity index (χ1n) is 15.1. The molecule has 0 radical (unpaired) electrons. The zero-order valence-electron chi connectivity index (χ0n) is 24.8. The number of hydrogen-bond donors (Lipinski definition) is 3. The Bertz CT molecular complexity index is 1670. The number of alkyl halides is 3. The zero-order chi connectivity index (χ0) is 31.6. The summed E-state index contributed by atoms with van der Waals surface area (Å²) in [7, 11) is 0. The van der Waals surface area contributed by atoms with Gasteiger partial charge in [0, 0.05) is 61.1 Å². The molecule has 1 aromatic carbocycles. The molecule has 6 rings (SSSR count). The van der Waals surface area contributed by atoms with Gasteiger partial charge in [-0.15, -0.1) is 11.3 Å². The van der Waals surface area contributed by atoms with Crippen LogP contribution in [0, 0.1) is 11.3 Å². The van der Waals surface area contributed by atoms with Gasteiger partial charge in [-0.25, -0.2) is 9.97 Å². The molecule has 0 saturated carbocycles. The van der Waals surface area contributed by atoms with Gasteiger partial charge in [0.25, 0.3) is 0 Å². The molecule has 1 atom stereocenters. The molecule has 2 aliphatic heterocycles. The van der Waals surface area contributed by atoms with Gasteiger partial charge in [-0.2, -0.15) is 18.4 Å². The molecule has 5 heterocycles. The van der Waals surface area contributed by atoms with Crippen molar-refractivity contribution in [2.75, 3.05) is 57.9 Å². The Morgan fingerprint density at radius 2 is 1.82 bits per heavy atom. The number of halogens is 3. The summed E-state index contributed by atoms with van der Waals surface area (Å²) < 4.78 is 45.9. The fraction of sp³-hybridized carbons (Fsp3) is 0.516. The van der Waals surface area contributed by atoms with Crippen LogP contribution in [0.15, 0.2) is 36.7 Å². The summed E-state index contributed by atoms with van der Waals surface area (Å²) in [5, 5.41) is 36.2. The van der Waals surface area contributed by atoms with Gasteiger partial charge in [0.15, 0.2) is 0 Å². The minimum absolute atomic E-state index is 0.0980. The quantitative estimate of drug-likeness (QED) is 0.237. The first-order valence-corrected chi connectivity index (χ1v) is 15.9. The molecule has 10 nitrogen and oxygen atoms in total. The van der Waals surface area contributed by atoms with E-state index in [0.717, 1.165) is 60.3 Å². The van der Waals surface area contributed by atoms with Crippen molar-refractivity contribution in [3.63, 3.8) is 0 Å². The predicted molar refractivity (Wildman–Crippen MR) is 165 cm³/mol. The average molecular weight is 644 g/mol. The van der Waals surface area contributed by atoms with Gasteiger partial charge in [0.2, 0.25) is 0 Å². The fourth-order valence-corrected chi connectivity index (χ4v) is 7.32. The fourth-order valence-electron chi connectivity index (χ4n) is 6.29. The number of nitriles is 1. The Balaban J connectivity index is 1.08. The number of nitrogens with one attached hydrogen (secondary N) is 1. The number of aliphatic hydroxyl groups excluding tert-OH is 1. The summed E-state index contributed by atoms with van der Waals surface area (Å²) in [6, 6.07) is 11.8. The maximum atomic E-state index is 12.9. The third kappa shape index (κ3) is 7.57. The van der Waals surface area contributed by atoms with Crippen LogP contribution in [0.4, 0.5) is 19.0 Å². The number of benzene rings is 1. The number of rotatable bonds is 10. The minimum atomic E-state index is -4.27. The van der Waals surface area contributed by atoms with Gasteiger partial charge in [-0.1, -0.05) is 6.07 Å². The summed E-state index contributed by atoms with van der Waals surface area (Å²) in [5.74, 6) is 0.574. The smallest absolute Gasteiger partial charge is 0.393 e. The molecule has 14 heteroatoms. The van der Waals surface area contributed by atoms with E-state index < -0.39 is 24.8 Å². The molecule has 0 bridgehead atoms. The molecule has 2 saturated heterocycles. The van der Waals surface area contributed by atoms with Crippen LogP contribution in [0.25, 0.3) is 21.1 Å². The molecule has 45 heavy (non-hydrogen) atoms. The molecule has 3 N–H and O–H groups in total. The van der Waals surface area contributed by atoms with Crippen molar-refractivity contribution in [3.8, 4) is 6.07 Å². The number of piperidine rings is 1. The van der Waals surface area contributed by atoms with Crippen LogP contribution in [0.2, 0.25) is 0 Å². The number of morpholine rings is 1. The molecule has 4 aromatic rings. The van der Waals surface area contributed by atoms with Crippen LogP contribution in [0.5, 0.6) is 0 Å². The molecule has 2 aliphatic rings. The van der Waals surface area contributed by atoms with Crippen molar-refractivity contribution in [1.82, 2.24) is 24.3 Å². The number of aromatic nitrogens is 3. The second-order valence-electron chi connectivity index (χ2n) is 12.0. The normalized spacial score (nSPS) is 18.8. The highest BCUT2D eigenvalue weighted by atomic mass is 32.1. The first kappa shape index (κ1) is 31.7. The first-order chi connectivity index (χ1) is 21.6. The molecule has 0 amide bonds. The standard InChI is InChI=1S/C31H36F3N7O3S/c32-31(33,34)14-25-13-26-28(36-20-37-29(26)45-25)38-23-3-5-39(6-4-23)16-21-1-2-27-22(11-21)12-24(15-35)41(27)18-30(43,19-42)17-40-7-9-44-10-8-40/h1-2,11-13,20,23,42-43H,3-10,14,16-19H2,(H,36,37,38). The molecular weight excluding hydrogens is 607 g/mol. The Hall–Kier alpha value is -3.32. The zero-order valence-corrected chi connectivity index (χ0v) is 25.6. The van der Waals surface area contributed by atoms with E-state index in [0.29, 0.717) is 48.0 Å². The minimum Gasteiger partial charge on any atom is -0.393 e. The van der Waals surface area contributed by atoms with Crippen LogP contribution in [-0.4, -0.2) is 105 Å². The number of anilines is 1. The molecule has 1 unspecified atom stereocenters. The lowest BCUT2D eigenvalue weighted by atomic mass is 10.0. The van der Waals surface area contributed by atoms with Gasteiger partial charge in [-0.05, 0) is 42.7 Å².